The molecular weight excluding hydrogens is 294 g/mol. The van der Waals surface area contributed by atoms with Crippen LogP contribution in [-0.2, 0) is 6.61 Å². The first kappa shape index (κ1) is 15.2. The molecule has 0 radical (unpaired) electrons. The van der Waals surface area contributed by atoms with Crippen LogP contribution in [0, 0.1) is 30.9 Å². The van der Waals surface area contributed by atoms with Gasteiger partial charge in [0.1, 0.15) is 17.5 Å². The fraction of sp³-hybridized carbons (Fsp3) is 0.286. The first-order valence-corrected chi connectivity index (χ1v) is 6.63. The Labute approximate surface area is 126 Å². The van der Waals surface area contributed by atoms with Crippen LogP contribution in [0.15, 0.2) is 18.2 Å². The maximum atomic E-state index is 10.9. The quantitative estimate of drug-likeness (QED) is 0.490. The number of aryl methyl sites for hydroxylation is 3. The highest BCUT2D eigenvalue weighted by atomic mass is 35.5. The van der Waals surface area contributed by atoms with Gasteiger partial charge in [0.05, 0.1) is 4.92 Å². The molecule has 6 nitrogen and oxygen atoms in total. The zero-order valence-corrected chi connectivity index (χ0v) is 12.6. The van der Waals surface area contributed by atoms with Crippen LogP contribution in [0.2, 0.25) is 5.15 Å². The average Bonchev–Trinajstić information content (AvgIpc) is 2.38. The first-order chi connectivity index (χ1) is 9.86. The second-order valence-electron chi connectivity index (χ2n) is 4.70. The summed E-state index contributed by atoms with van der Waals surface area (Å²) in [5.41, 5.74) is 2.06. The van der Waals surface area contributed by atoms with E-state index in [-0.39, 0.29) is 12.3 Å². The fourth-order valence-electron chi connectivity index (χ4n) is 1.92. The number of rotatable bonds is 4. The number of benzene rings is 1. The standard InChI is InChI=1S/C14H14ClN3O3/c1-8-5-12(9(2)4-11(8)18(19)20)21-7-14-16-10(3)6-13(15)17-14/h4-6H,7H2,1-3H3. The molecule has 0 saturated heterocycles. The van der Waals surface area contributed by atoms with Crippen molar-refractivity contribution in [2.75, 3.05) is 0 Å². The van der Waals surface area contributed by atoms with Crippen molar-refractivity contribution in [3.05, 3.63) is 56.1 Å². The molecule has 0 aliphatic rings. The van der Waals surface area contributed by atoms with E-state index >= 15 is 0 Å². The third kappa shape index (κ3) is 3.66. The van der Waals surface area contributed by atoms with Crippen molar-refractivity contribution in [3.8, 4) is 5.75 Å². The zero-order valence-electron chi connectivity index (χ0n) is 11.9. The van der Waals surface area contributed by atoms with Crippen molar-refractivity contribution in [2.24, 2.45) is 0 Å². The third-order valence-corrected chi connectivity index (χ3v) is 3.11. The van der Waals surface area contributed by atoms with Crippen LogP contribution >= 0.6 is 11.6 Å². The minimum atomic E-state index is -0.407. The van der Waals surface area contributed by atoms with Crippen molar-refractivity contribution in [1.29, 1.82) is 0 Å². The Morgan fingerprint density at radius 3 is 2.52 bits per heavy atom. The van der Waals surface area contributed by atoms with Gasteiger partial charge in [-0.3, -0.25) is 10.1 Å². The van der Waals surface area contributed by atoms with E-state index in [9.17, 15) is 10.1 Å². The van der Waals surface area contributed by atoms with Crippen LogP contribution < -0.4 is 4.74 Å². The summed E-state index contributed by atoms with van der Waals surface area (Å²) >= 11 is 5.86. The molecule has 0 spiro atoms. The Hall–Kier alpha value is -2.21. The molecule has 2 aromatic rings. The molecule has 0 atom stereocenters. The highest BCUT2D eigenvalue weighted by Crippen LogP contribution is 2.28. The van der Waals surface area contributed by atoms with Gasteiger partial charge in [0.15, 0.2) is 5.82 Å². The lowest BCUT2D eigenvalue weighted by Crippen LogP contribution is -2.04. The predicted octanol–water partition coefficient (Wildman–Crippen LogP) is 3.54. The van der Waals surface area contributed by atoms with Crippen molar-refractivity contribution >= 4 is 17.3 Å². The molecule has 1 aromatic carbocycles. The Bertz CT molecular complexity index is 684. The largest absolute Gasteiger partial charge is 0.485 e. The highest BCUT2D eigenvalue weighted by molar-refractivity contribution is 6.29. The number of ether oxygens (including phenoxy) is 1. The number of hydrogen-bond acceptors (Lipinski definition) is 5. The normalized spacial score (nSPS) is 10.5. The molecule has 0 fully saturated rings. The van der Waals surface area contributed by atoms with Gasteiger partial charge >= 0.3 is 0 Å². The molecule has 0 aliphatic carbocycles. The number of hydrogen-bond donors (Lipinski definition) is 0. The summed E-state index contributed by atoms with van der Waals surface area (Å²) in [5.74, 6) is 1.04. The van der Waals surface area contributed by atoms with Gasteiger partial charge in [0.2, 0.25) is 0 Å². The topological polar surface area (TPSA) is 78.2 Å². The SMILES string of the molecule is Cc1cc(Cl)nc(COc2cc(C)c([N+](=O)[O-])cc2C)n1. The van der Waals surface area contributed by atoms with Gasteiger partial charge in [-0.05, 0) is 38.5 Å². The minimum Gasteiger partial charge on any atom is -0.485 e. The van der Waals surface area contributed by atoms with E-state index in [1.807, 2.05) is 6.92 Å². The summed E-state index contributed by atoms with van der Waals surface area (Å²) in [6.07, 6.45) is 0. The second kappa shape index (κ2) is 6.05. The van der Waals surface area contributed by atoms with Gasteiger partial charge in [0.25, 0.3) is 5.69 Å². The maximum Gasteiger partial charge on any atom is 0.272 e. The molecule has 0 saturated carbocycles. The van der Waals surface area contributed by atoms with Gasteiger partial charge in [0, 0.05) is 17.3 Å². The van der Waals surface area contributed by atoms with Crippen LogP contribution in [0.1, 0.15) is 22.6 Å². The Balaban J connectivity index is 2.20. The molecule has 0 bridgehead atoms. The van der Waals surface area contributed by atoms with Crippen LogP contribution in [0.4, 0.5) is 5.69 Å². The molecule has 1 aromatic heterocycles. The van der Waals surface area contributed by atoms with Crippen molar-refractivity contribution in [1.82, 2.24) is 9.97 Å². The molecular formula is C14H14ClN3O3. The molecule has 2 rings (SSSR count). The monoisotopic (exact) mass is 307 g/mol. The molecule has 110 valence electrons. The van der Waals surface area contributed by atoms with Crippen LogP contribution in [0.25, 0.3) is 0 Å². The van der Waals surface area contributed by atoms with Gasteiger partial charge in [-0.15, -0.1) is 0 Å². The van der Waals surface area contributed by atoms with E-state index < -0.39 is 4.92 Å². The summed E-state index contributed by atoms with van der Waals surface area (Å²) in [7, 11) is 0. The lowest BCUT2D eigenvalue weighted by atomic mass is 10.1. The second-order valence-corrected chi connectivity index (χ2v) is 5.09. The highest BCUT2D eigenvalue weighted by Gasteiger charge is 2.14. The van der Waals surface area contributed by atoms with Crippen molar-refractivity contribution < 1.29 is 9.66 Å². The van der Waals surface area contributed by atoms with E-state index in [2.05, 4.69) is 9.97 Å². The molecule has 7 heteroatoms. The van der Waals surface area contributed by atoms with Crippen LogP contribution in [0.3, 0.4) is 0 Å². The molecule has 21 heavy (non-hydrogen) atoms. The lowest BCUT2D eigenvalue weighted by Gasteiger charge is -2.10. The predicted molar refractivity (Wildman–Crippen MR) is 78.7 cm³/mol. The minimum absolute atomic E-state index is 0.0784. The first-order valence-electron chi connectivity index (χ1n) is 6.25. The summed E-state index contributed by atoms with van der Waals surface area (Å²) in [4.78, 5) is 18.7. The molecule has 0 unspecified atom stereocenters. The summed E-state index contributed by atoms with van der Waals surface area (Å²) in [6, 6.07) is 4.80. The van der Waals surface area contributed by atoms with E-state index in [4.69, 9.17) is 16.3 Å². The third-order valence-electron chi connectivity index (χ3n) is 2.92. The molecule has 0 aliphatic heterocycles. The van der Waals surface area contributed by atoms with E-state index in [1.54, 1.807) is 26.0 Å². The number of halogens is 1. The molecule has 0 N–H and O–H groups in total. The Morgan fingerprint density at radius 1 is 1.19 bits per heavy atom. The van der Waals surface area contributed by atoms with Crippen LogP contribution in [0.5, 0.6) is 5.75 Å². The van der Waals surface area contributed by atoms with Gasteiger partial charge in [-0.25, -0.2) is 9.97 Å². The summed E-state index contributed by atoms with van der Waals surface area (Å²) in [6.45, 7) is 5.40. The zero-order chi connectivity index (χ0) is 15.6. The Morgan fingerprint density at radius 2 is 1.90 bits per heavy atom. The molecule has 1 heterocycles. The van der Waals surface area contributed by atoms with Crippen molar-refractivity contribution in [3.63, 3.8) is 0 Å². The maximum absolute atomic E-state index is 10.9. The average molecular weight is 308 g/mol. The smallest absolute Gasteiger partial charge is 0.272 e. The Kier molecular flexibility index (Phi) is 4.37. The van der Waals surface area contributed by atoms with Gasteiger partial charge in [-0.2, -0.15) is 0 Å². The van der Waals surface area contributed by atoms with Gasteiger partial charge in [-0.1, -0.05) is 11.6 Å². The van der Waals surface area contributed by atoms with E-state index in [0.717, 1.165) is 5.69 Å². The van der Waals surface area contributed by atoms with Crippen molar-refractivity contribution in [2.45, 2.75) is 27.4 Å². The molecule has 0 amide bonds. The lowest BCUT2D eigenvalue weighted by molar-refractivity contribution is -0.385. The summed E-state index contributed by atoms with van der Waals surface area (Å²) in [5, 5.41) is 11.2. The number of aromatic nitrogens is 2. The van der Waals surface area contributed by atoms with E-state index in [0.29, 0.717) is 27.9 Å². The number of nitro benzene ring substituents is 1. The number of nitro groups is 1. The number of nitrogens with zero attached hydrogens (tertiary/aromatic N) is 3. The van der Waals surface area contributed by atoms with Crippen LogP contribution in [-0.4, -0.2) is 14.9 Å². The fourth-order valence-corrected chi connectivity index (χ4v) is 2.18. The van der Waals surface area contributed by atoms with E-state index in [1.165, 1.54) is 6.07 Å². The van der Waals surface area contributed by atoms with Gasteiger partial charge < -0.3 is 4.74 Å². The summed E-state index contributed by atoms with van der Waals surface area (Å²) < 4.78 is 5.64.